The number of aromatic nitrogens is 5. The van der Waals surface area contributed by atoms with E-state index in [0.29, 0.717) is 17.6 Å². The largest absolute Gasteiger partial charge is 0.336 e. The molecule has 9 nitrogen and oxygen atoms in total. The van der Waals surface area contributed by atoms with Crippen molar-refractivity contribution in [2.24, 2.45) is 0 Å². The normalized spacial score (nSPS) is 20.2. The molecule has 2 N–H and O–H groups in total. The van der Waals surface area contributed by atoms with Crippen molar-refractivity contribution in [2.45, 2.75) is 58.5 Å². The van der Waals surface area contributed by atoms with Gasteiger partial charge in [-0.15, -0.1) is 5.10 Å². The van der Waals surface area contributed by atoms with E-state index in [-0.39, 0.29) is 11.9 Å². The third-order valence-corrected chi connectivity index (χ3v) is 7.93. The number of fused-ring (bicyclic) bond motifs is 2. The Morgan fingerprint density at radius 3 is 2.68 bits per heavy atom. The number of amides is 1. The lowest BCUT2D eigenvalue weighted by Gasteiger charge is -2.42. The van der Waals surface area contributed by atoms with Crippen molar-refractivity contribution in [1.82, 2.24) is 35.2 Å². The molecule has 2 aromatic heterocycles. The second-order valence-corrected chi connectivity index (χ2v) is 10.8. The molecule has 1 saturated heterocycles. The standard InChI is InChI=1S/C29H34N8O/c1-18-12-19(2)14-23(13-18)31-29-30-17-22-6-9-36(10-8-25(22)32-29)24-7-11-37(20(3)15-24)28(38)21-4-5-26-27(16-21)34-35-33-26/h4-5,12-14,16-17,20,24H,6-11,15H2,1-3H3,(H,30,31,32)(H,33,34,35)/t20-,24?/m0/s1. The number of hydrogen-bond donors (Lipinski definition) is 2. The molecule has 1 unspecified atom stereocenters. The summed E-state index contributed by atoms with van der Waals surface area (Å²) < 4.78 is 0. The molecule has 196 valence electrons. The number of likely N-dealkylation sites (tertiary alicyclic amines) is 1. The molecule has 0 aliphatic carbocycles. The van der Waals surface area contributed by atoms with E-state index in [2.05, 4.69) is 69.6 Å². The van der Waals surface area contributed by atoms with Crippen molar-refractivity contribution >= 4 is 28.6 Å². The molecule has 0 spiro atoms. The van der Waals surface area contributed by atoms with Gasteiger partial charge < -0.3 is 10.2 Å². The number of nitrogens with zero attached hydrogens (tertiary/aromatic N) is 6. The first-order valence-corrected chi connectivity index (χ1v) is 13.5. The van der Waals surface area contributed by atoms with Gasteiger partial charge in [0.25, 0.3) is 5.91 Å². The summed E-state index contributed by atoms with van der Waals surface area (Å²) >= 11 is 0. The predicted molar refractivity (Wildman–Crippen MR) is 148 cm³/mol. The Kier molecular flexibility index (Phi) is 6.53. The predicted octanol–water partition coefficient (Wildman–Crippen LogP) is 4.20. The van der Waals surface area contributed by atoms with Crippen molar-refractivity contribution in [3.63, 3.8) is 0 Å². The van der Waals surface area contributed by atoms with Crippen LogP contribution in [0, 0.1) is 13.8 Å². The molecule has 2 atom stereocenters. The van der Waals surface area contributed by atoms with Crippen LogP contribution in [0.1, 0.15) is 52.5 Å². The zero-order valence-electron chi connectivity index (χ0n) is 22.2. The summed E-state index contributed by atoms with van der Waals surface area (Å²) in [4.78, 5) is 27.4. The first-order chi connectivity index (χ1) is 18.4. The molecule has 0 radical (unpaired) electrons. The van der Waals surface area contributed by atoms with Gasteiger partial charge in [0.15, 0.2) is 0 Å². The average Bonchev–Trinajstić information content (AvgIpc) is 3.26. The van der Waals surface area contributed by atoms with Gasteiger partial charge in [0.05, 0.1) is 11.2 Å². The molecule has 6 rings (SSSR count). The second-order valence-electron chi connectivity index (χ2n) is 10.8. The van der Waals surface area contributed by atoms with Crippen LogP contribution < -0.4 is 5.32 Å². The molecule has 9 heteroatoms. The molecule has 0 bridgehead atoms. The van der Waals surface area contributed by atoms with Crippen LogP contribution in [0.15, 0.2) is 42.6 Å². The Labute approximate surface area is 222 Å². The summed E-state index contributed by atoms with van der Waals surface area (Å²) in [6, 6.07) is 12.6. The fourth-order valence-electron chi connectivity index (χ4n) is 6.02. The lowest BCUT2D eigenvalue weighted by Crippen LogP contribution is -2.51. The number of rotatable bonds is 4. The van der Waals surface area contributed by atoms with Gasteiger partial charge in [0.1, 0.15) is 5.52 Å². The Hall–Kier alpha value is -3.85. The van der Waals surface area contributed by atoms with Crippen LogP contribution in [0.25, 0.3) is 11.0 Å². The fourth-order valence-corrected chi connectivity index (χ4v) is 6.02. The zero-order chi connectivity index (χ0) is 26.2. The number of benzene rings is 2. The number of anilines is 2. The average molecular weight is 511 g/mol. The maximum Gasteiger partial charge on any atom is 0.254 e. The molecular weight excluding hydrogens is 476 g/mol. The summed E-state index contributed by atoms with van der Waals surface area (Å²) in [7, 11) is 0. The van der Waals surface area contributed by atoms with Crippen LogP contribution in [-0.4, -0.2) is 72.8 Å². The molecule has 0 saturated carbocycles. The van der Waals surface area contributed by atoms with Crippen molar-refractivity contribution < 1.29 is 4.79 Å². The first kappa shape index (κ1) is 24.5. The van der Waals surface area contributed by atoms with E-state index in [1.54, 1.807) is 0 Å². The van der Waals surface area contributed by atoms with Crippen molar-refractivity contribution in [2.75, 3.05) is 25.0 Å². The number of aryl methyl sites for hydroxylation is 2. The molecule has 1 amide bonds. The Bertz CT molecular complexity index is 1460. The Morgan fingerprint density at radius 2 is 1.87 bits per heavy atom. The first-order valence-electron chi connectivity index (χ1n) is 13.5. The van der Waals surface area contributed by atoms with E-state index in [1.807, 2.05) is 29.3 Å². The Balaban J connectivity index is 1.09. The van der Waals surface area contributed by atoms with Crippen LogP contribution in [0.5, 0.6) is 0 Å². The van der Waals surface area contributed by atoms with Crippen LogP contribution in [-0.2, 0) is 12.8 Å². The summed E-state index contributed by atoms with van der Waals surface area (Å²) in [6.07, 6.45) is 5.80. The molecule has 4 heterocycles. The minimum absolute atomic E-state index is 0.0724. The van der Waals surface area contributed by atoms with Crippen LogP contribution >= 0.6 is 0 Å². The molecule has 1 fully saturated rings. The van der Waals surface area contributed by atoms with E-state index in [4.69, 9.17) is 4.98 Å². The van der Waals surface area contributed by atoms with Gasteiger partial charge in [-0.1, -0.05) is 11.3 Å². The minimum Gasteiger partial charge on any atom is -0.336 e. The highest BCUT2D eigenvalue weighted by Crippen LogP contribution is 2.27. The van der Waals surface area contributed by atoms with Crippen LogP contribution in [0.2, 0.25) is 0 Å². The maximum absolute atomic E-state index is 13.3. The fraction of sp³-hybridized carbons (Fsp3) is 0.414. The topological polar surface area (TPSA) is 103 Å². The van der Waals surface area contributed by atoms with E-state index in [1.165, 1.54) is 16.7 Å². The van der Waals surface area contributed by atoms with Gasteiger partial charge in [-0.05, 0) is 87.1 Å². The molecule has 4 aromatic rings. The number of H-pyrrole nitrogens is 1. The van der Waals surface area contributed by atoms with Gasteiger partial charge in [0.2, 0.25) is 5.95 Å². The molecule has 2 aromatic carbocycles. The molecular formula is C29H34N8O. The summed E-state index contributed by atoms with van der Waals surface area (Å²) in [5.74, 6) is 0.731. The smallest absolute Gasteiger partial charge is 0.254 e. The molecule has 2 aliphatic heterocycles. The summed E-state index contributed by atoms with van der Waals surface area (Å²) in [6.45, 7) is 9.10. The summed E-state index contributed by atoms with van der Waals surface area (Å²) in [5.41, 5.74) is 8.07. The van der Waals surface area contributed by atoms with E-state index < -0.39 is 0 Å². The van der Waals surface area contributed by atoms with Gasteiger partial charge in [-0.2, -0.15) is 0 Å². The maximum atomic E-state index is 13.3. The van der Waals surface area contributed by atoms with Gasteiger partial charge in [0, 0.05) is 55.6 Å². The van der Waals surface area contributed by atoms with Crippen molar-refractivity contribution in [1.29, 1.82) is 0 Å². The van der Waals surface area contributed by atoms with E-state index >= 15 is 0 Å². The third kappa shape index (κ3) is 4.98. The van der Waals surface area contributed by atoms with Crippen LogP contribution in [0.4, 0.5) is 11.6 Å². The lowest BCUT2D eigenvalue weighted by atomic mass is 9.95. The zero-order valence-corrected chi connectivity index (χ0v) is 22.2. The number of piperidine rings is 1. The lowest BCUT2D eigenvalue weighted by molar-refractivity contribution is 0.0476. The number of carbonyl (C=O) groups excluding carboxylic acids is 1. The molecule has 2 aliphatic rings. The van der Waals surface area contributed by atoms with E-state index in [0.717, 1.165) is 67.7 Å². The SMILES string of the molecule is Cc1cc(C)cc(Nc2ncc3c(n2)CCN(C2CCN(C(=O)c4ccc5[nH]nnc5c4)[C@@H](C)C2)CC3)c1. The van der Waals surface area contributed by atoms with Crippen LogP contribution in [0.3, 0.4) is 0 Å². The third-order valence-electron chi connectivity index (χ3n) is 7.93. The number of nitrogens with one attached hydrogen (secondary N) is 2. The van der Waals surface area contributed by atoms with Gasteiger partial charge in [-0.3, -0.25) is 14.8 Å². The Morgan fingerprint density at radius 1 is 1.05 bits per heavy atom. The quantitative estimate of drug-likeness (QED) is 0.424. The highest BCUT2D eigenvalue weighted by Gasteiger charge is 2.33. The number of hydrogen-bond acceptors (Lipinski definition) is 7. The highest BCUT2D eigenvalue weighted by atomic mass is 16.2. The van der Waals surface area contributed by atoms with Crippen molar-refractivity contribution in [3.05, 3.63) is 70.5 Å². The molecule has 38 heavy (non-hydrogen) atoms. The monoisotopic (exact) mass is 510 g/mol. The minimum atomic E-state index is 0.0724. The second kappa shape index (κ2) is 10.1. The van der Waals surface area contributed by atoms with Gasteiger partial charge in [-0.25, -0.2) is 9.97 Å². The number of carbonyl (C=O) groups is 1. The van der Waals surface area contributed by atoms with Gasteiger partial charge >= 0.3 is 0 Å². The highest BCUT2D eigenvalue weighted by molar-refractivity contribution is 5.97. The van der Waals surface area contributed by atoms with Crippen molar-refractivity contribution in [3.8, 4) is 0 Å². The number of aromatic amines is 1. The van der Waals surface area contributed by atoms with E-state index in [9.17, 15) is 4.79 Å². The summed E-state index contributed by atoms with van der Waals surface area (Å²) in [5, 5.41) is 14.1.